The quantitative estimate of drug-likeness (QED) is 0.135. The normalized spacial score (nSPS) is 39.0. The molecule has 1 aromatic carbocycles. The first kappa shape index (κ1) is 64.0. The molecule has 2 bridgehead atoms. The maximum Gasteiger partial charge on any atom is 0.329 e. The van der Waals surface area contributed by atoms with Crippen molar-refractivity contribution in [3.05, 3.63) is 83.5 Å². The summed E-state index contributed by atoms with van der Waals surface area (Å²) >= 11 is 0. The highest BCUT2D eigenvalue weighted by Gasteiger charge is 2.53. The highest BCUT2D eigenvalue weighted by atomic mass is 16.6. The Morgan fingerprint density at radius 1 is 0.785 bits per heavy atom. The van der Waals surface area contributed by atoms with Gasteiger partial charge < -0.3 is 48.3 Å². The molecule has 4 aliphatic heterocycles. The SMILES string of the molecule is COC1C[C@@H](C[C@H](C)[C@@H]2CC(=O)[C@H](C)/C=C(\C)C(O)[C@@H](OC)C(=O)[C@H](C)C[C@H](C)/C=C/C=C/C=C(\C)[C@@H](OC)C[C@@H]3CC[C@@H](C)[C@@](O)(O3)C(=O)C(=O)N3CCCC[C@H]3C(=O)O2)CC[C@@H]1OC1CC[C@H](c2ccccc2)OC1(C)C. The average Bonchev–Trinajstić information content (AvgIpc) is 3.44. The molecule has 1 aliphatic carbocycles. The van der Waals surface area contributed by atoms with Gasteiger partial charge in [-0.1, -0.05) is 101 Å². The number of esters is 1. The van der Waals surface area contributed by atoms with E-state index in [-0.39, 0.29) is 73.1 Å². The number of amides is 1. The summed E-state index contributed by atoms with van der Waals surface area (Å²) in [6.07, 6.45) is 13.7. The number of allylic oxidation sites excluding steroid dienone is 6. The van der Waals surface area contributed by atoms with Gasteiger partial charge in [0.15, 0.2) is 5.78 Å². The van der Waals surface area contributed by atoms with Crippen molar-refractivity contribution in [1.82, 2.24) is 4.90 Å². The van der Waals surface area contributed by atoms with Crippen molar-refractivity contribution >= 4 is 29.2 Å². The molecular formula is C64H95NO14. The smallest absolute Gasteiger partial charge is 0.329 e. The molecule has 5 aliphatic rings. The lowest BCUT2D eigenvalue weighted by Crippen LogP contribution is -2.61. The van der Waals surface area contributed by atoms with Crippen molar-refractivity contribution in [2.45, 2.75) is 225 Å². The molecule has 0 radical (unpaired) electrons. The predicted molar refractivity (Wildman–Crippen MR) is 301 cm³/mol. The van der Waals surface area contributed by atoms with Gasteiger partial charge in [0, 0.05) is 58.5 Å². The Labute approximate surface area is 471 Å². The van der Waals surface area contributed by atoms with E-state index >= 15 is 0 Å². The summed E-state index contributed by atoms with van der Waals surface area (Å²) in [6, 6.07) is 9.13. The Kier molecular flexibility index (Phi) is 23.6. The van der Waals surface area contributed by atoms with Gasteiger partial charge in [-0.2, -0.15) is 0 Å². The summed E-state index contributed by atoms with van der Waals surface area (Å²) in [7, 11) is 4.68. The minimum atomic E-state index is -2.44. The molecule has 15 heteroatoms. The van der Waals surface area contributed by atoms with E-state index < -0.39 is 83.4 Å². The number of cyclic esters (lactones) is 1. The third-order valence-corrected chi connectivity index (χ3v) is 17.9. The topological polar surface area (TPSA) is 194 Å². The molecule has 3 saturated heterocycles. The van der Waals surface area contributed by atoms with Gasteiger partial charge in [-0.3, -0.25) is 19.2 Å². The molecular weight excluding hydrogens is 1010 g/mol. The van der Waals surface area contributed by atoms with Crippen LogP contribution in [0.15, 0.2) is 77.9 Å². The van der Waals surface area contributed by atoms with E-state index in [0.29, 0.717) is 56.9 Å². The number of hydrogen-bond acceptors (Lipinski definition) is 14. The van der Waals surface area contributed by atoms with Crippen LogP contribution in [0, 0.1) is 35.5 Å². The van der Waals surface area contributed by atoms with Gasteiger partial charge >= 0.3 is 5.97 Å². The summed E-state index contributed by atoms with van der Waals surface area (Å²) < 4.78 is 43.8. The Morgan fingerprint density at radius 3 is 2.20 bits per heavy atom. The van der Waals surface area contributed by atoms with E-state index in [1.807, 2.05) is 76.3 Å². The molecule has 0 aromatic heterocycles. The number of piperidine rings is 1. The monoisotopic (exact) mass is 1100 g/mol. The first-order valence-electron chi connectivity index (χ1n) is 29.4. The average molecular weight is 1100 g/mol. The van der Waals surface area contributed by atoms with Gasteiger partial charge in [-0.05, 0) is 139 Å². The molecule has 2 N–H and O–H groups in total. The molecule has 3 unspecified atom stereocenters. The lowest BCUT2D eigenvalue weighted by molar-refractivity contribution is -0.265. The summed E-state index contributed by atoms with van der Waals surface area (Å²) in [4.78, 5) is 73.1. The Balaban J connectivity index is 1.25. The van der Waals surface area contributed by atoms with Crippen LogP contribution >= 0.6 is 0 Å². The molecule has 4 fully saturated rings. The number of carbonyl (C=O) groups excluding carboxylic acids is 5. The Bertz CT molecular complexity index is 2330. The molecule has 440 valence electrons. The number of methoxy groups -OCH3 is 3. The fourth-order valence-corrected chi connectivity index (χ4v) is 12.8. The number of aliphatic hydroxyl groups is 2. The number of rotatable bonds is 9. The maximum atomic E-state index is 14.7. The van der Waals surface area contributed by atoms with Crippen molar-refractivity contribution < 1.29 is 67.3 Å². The predicted octanol–water partition coefficient (Wildman–Crippen LogP) is 9.90. The van der Waals surface area contributed by atoms with Gasteiger partial charge in [0.2, 0.25) is 5.79 Å². The number of aliphatic hydroxyl groups excluding tert-OH is 1. The number of Topliss-reactive ketones (excluding diaryl/α,β-unsaturated/α-hetero) is 3. The summed E-state index contributed by atoms with van der Waals surface area (Å²) in [5.41, 5.74) is 1.90. The number of nitrogens with zero attached hydrogens (tertiary/aromatic N) is 1. The largest absolute Gasteiger partial charge is 0.460 e. The third kappa shape index (κ3) is 16.5. The van der Waals surface area contributed by atoms with Crippen LogP contribution in [-0.4, -0.2) is 138 Å². The molecule has 17 atom stereocenters. The second-order valence-corrected chi connectivity index (χ2v) is 24.4. The highest BCUT2D eigenvalue weighted by Crippen LogP contribution is 2.42. The van der Waals surface area contributed by atoms with E-state index in [2.05, 4.69) is 26.0 Å². The highest BCUT2D eigenvalue weighted by molar-refractivity contribution is 6.39. The molecule has 0 spiro atoms. The molecule has 6 rings (SSSR count). The number of fused-ring (bicyclic) bond motifs is 3. The van der Waals surface area contributed by atoms with Crippen LogP contribution in [0.25, 0.3) is 0 Å². The van der Waals surface area contributed by atoms with Crippen molar-refractivity contribution in [2.24, 2.45) is 35.5 Å². The summed E-state index contributed by atoms with van der Waals surface area (Å²) in [5, 5.41) is 23.7. The van der Waals surface area contributed by atoms with Crippen LogP contribution in [-0.2, 0) is 57.1 Å². The van der Waals surface area contributed by atoms with Crippen molar-refractivity contribution in [2.75, 3.05) is 27.9 Å². The molecule has 4 heterocycles. The van der Waals surface area contributed by atoms with Crippen molar-refractivity contribution in [3.8, 4) is 0 Å². The van der Waals surface area contributed by atoms with Gasteiger partial charge in [-0.25, -0.2) is 4.79 Å². The zero-order valence-electron chi connectivity index (χ0n) is 49.4. The molecule has 1 aromatic rings. The van der Waals surface area contributed by atoms with Crippen LogP contribution in [0.4, 0.5) is 0 Å². The number of benzene rings is 1. The minimum Gasteiger partial charge on any atom is -0.460 e. The van der Waals surface area contributed by atoms with Crippen molar-refractivity contribution in [3.63, 3.8) is 0 Å². The third-order valence-electron chi connectivity index (χ3n) is 17.9. The lowest BCUT2D eigenvalue weighted by Gasteiger charge is -2.46. The van der Waals surface area contributed by atoms with E-state index in [9.17, 15) is 34.2 Å². The number of ketones is 3. The number of hydrogen-bond donors (Lipinski definition) is 2. The standard InChI is InChI=1S/C64H95NO14/c1-39-21-15-13-16-22-40(2)53(73-10)37-48-28-26-45(7)64(72,78-48)60(69)61(70)65-32-20-19-25-49(65)62(71)77-54(38-50(66)41(3)34-44(6)58(68)59(75-12)57(67)43(5)33-39)42(4)35-46-27-29-52(55(36-46)74-11)76-56-31-30-51(79-63(56,8)9)47-23-17-14-18-24-47/h13-18,21-24,34,39,41-43,45-46,48-49,51-56,58-59,68,72H,19-20,25-33,35-38H2,1-12H3/b16-13+,21-15+,40-22+,44-34+/t39-,41-,42+,43-,45-,46-,48+,49+,51-,52+,53+,54+,55?,56?,58?,59+,64-/m1/s1. The zero-order valence-corrected chi connectivity index (χ0v) is 49.4. The molecule has 1 saturated carbocycles. The summed E-state index contributed by atoms with van der Waals surface area (Å²) in [5.74, 6) is -7.95. The zero-order chi connectivity index (χ0) is 57.8. The lowest BCUT2D eigenvalue weighted by atomic mass is 9.78. The van der Waals surface area contributed by atoms with Crippen LogP contribution in [0.1, 0.15) is 164 Å². The first-order chi connectivity index (χ1) is 37.5. The Hall–Kier alpha value is -4.19. The fraction of sp³-hybridized carbons (Fsp3) is 0.703. The van der Waals surface area contributed by atoms with Crippen LogP contribution in [0.3, 0.4) is 0 Å². The van der Waals surface area contributed by atoms with Crippen LogP contribution in [0.5, 0.6) is 0 Å². The minimum absolute atomic E-state index is 0.0116. The molecule has 1 amide bonds. The maximum absolute atomic E-state index is 14.7. The molecule has 79 heavy (non-hydrogen) atoms. The van der Waals surface area contributed by atoms with E-state index in [1.165, 1.54) is 12.0 Å². The summed E-state index contributed by atoms with van der Waals surface area (Å²) in [6.45, 7) is 17.1. The second-order valence-electron chi connectivity index (χ2n) is 24.4. The van der Waals surface area contributed by atoms with Crippen molar-refractivity contribution in [1.29, 1.82) is 0 Å². The second kappa shape index (κ2) is 29.2. The van der Waals surface area contributed by atoms with Crippen LogP contribution in [0.2, 0.25) is 0 Å². The number of carbonyl (C=O) groups is 5. The first-order valence-corrected chi connectivity index (χ1v) is 29.4. The van der Waals surface area contributed by atoms with Gasteiger partial charge in [0.1, 0.15) is 30.1 Å². The van der Waals surface area contributed by atoms with E-state index in [4.69, 9.17) is 33.2 Å². The van der Waals surface area contributed by atoms with Crippen LogP contribution < -0.4 is 0 Å². The van der Waals surface area contributed by atoms with E-state index in [0.717, 1.165) is 36.8 Å². The van der Waals surface area contributed by atoms with Gasteiger partial charge in [-0.15, -0.1) is 0 Å². The van der Waals surface area contributed by atoms with Gasteiger partial charge in [0.25, 0.3) is 11.7 Å². The fourth-order valence-electron chi connectivity index (χ4n) is 12.8. The molecule has 15 nitrogen and oxygen atoms in total. The van der Waals surface area contributed by atoms with E-state index in [1.54, 1.807) is 41.1 Å². The van der Waals surface area contributed by atoms with Gasteiger partial charge in [0.05, 0.1) is 42.2 Å². The Morgan fingerprint density at radius 2 is 1.52 bits per heavy atom. The number of ether oxygens (including phenoxy) is 7.